The molecule has 25 heavy (non-hydrogen) atoms. The summed E-state index contributed by atoms with van der Waals surface area (Å²) < 4.78 is 11.4. The average molecular weight is 364 g/mol. The number of nitrogens with one attached hydrogen (secondary N) is 2. The molecule has 2 N–H and O–H groups in total. The summed E-state index contributed by atoms with van der Waals surface area (Å²) in [7, 11) is 1.80. The second-order valence-corrected chi connectivity index (χ2v) is 7.26. The van der Waals surface area contributed by atoms with Crippen molar-refractivity contribution in [1.82, 2.24) is 10.6 Å². The van der Waals surface area contributed by atoms with Crippen LogP contribution in [0.2, 0.25) is 0 Å². The molecule has 0 radical (unpaired) electrons. The molecule has 0 aliphatic carbocycles. The Balaban J connectivity index is 1.89. The number of aliphatic imine (C=N–C) groups is 1. The molecule has 1 saturated heterocycles. The third-order valence-corrected chi connectivity index (χ3v) is 5.83. The van der Waals surface area contributed by atoms with Gasteiger partial charge in [0.2, 0.25) is 0 Å². The zero-order valence-corrected chi connectivity index (χ0v) is 16.0. The molecule has 0 spiro atoms. The average Bonchev–Trinajstić information content (AvgIpc) is 2.68. The van der Waals surface area contributed by atoms with Crippen LogP contribution in [-0.2, 0) is 11.3 Å². The van der Waals surface area contributed by atoms with Crippen molar-refractivity contribution >= 4 is 17.7 Å². The minimum Gasteiger partial charge on any atom is -0.489 e. The lowest BCUT2D eigenvalue weighted by atomic mass is 9.99. The van der Waals surface area contributed by atoms with E-state index in [1.165, 1.54) is 0 Å². The fraction of sp³-hybridized carbons (Fsp3) is 0.526. The van der Waals surface area contributed by atoms with Gasteiger partial charge in [-0.25, -0.2) is 0 Å². The van der Waals surface area contributed by atoms with E-state index in [9.17, 15) is 0 Å². The molecule has 1 aliphatic rings. The molecule has 1 aliphatic heterocycles. The van der Waals surface area contributed by atoms with Crippen LogP contribution in [0.4, 0.5) is 0 Å². The lowest BCUT2D eigenvalue weighted by Gasteiger charge is -2.36. The van der Waals surface area contributed by atoms with Crippen LogP contribution in [0.25, 0.3) is 0 Å². The van der Waals surface area contributed by atoms with Gasteiger partial charge in [-0.1, -0.05) is 30.9 Å². The van der Waals surface area contributed by atoms with E-state index in [0.29, 0.717) is 13.2 Å². The van der Waals surface area contributed by atoms with Crippen LogP contribution in [0.3, 0.4) is 0 Å². The largest absolute Gasteiger partial charge is 0.489 e. The molecular weight excluding hydrogens is 334 g/mol. The highest BCUT2D eigenvalue weighted by Gasteiger charge is 2.31. The molecule has 138 valence electrons. The monoisotopic (exact) mass is 363 g/mol. The van der Waals surface area contributed by atoms with E-state index >= 15 is 0 Å². The Kier molecular flexibility index (Phi) is 8.15. The van der Waals surface area contributed by atoms with Gasteiger partial charge in [-0.15, -0.1) is 0 Å². The quantitative estimate of drug-likeness (QED) is 0.423. The number of ether oxygens (including phenoxy) is 2. The molecule has 0 bridgehead atoms. The maximum Gasteiger partial charge on any atom is 0.191 e. The van der Waals surface area contributed by atoms with Crippen molar-refractivity contribution in [2.24, 2.45) is 4.99 Å². The molecule has 2 rings (SSSR count). The lowest BCUT2D eigenvalue weighted by Crippen LogP contribution is -2.47. The van der Waals surface area contributed by atoms with Crippen LogP contribution in [-0.4, -0.2) is 50.4 Å². The molecule has 1 aromatic carbocycles. The number of benzene rings is 1. The van der Waals surface area contributed by atoms with Crippen molar-refractivity contribution < 1.29 is 9.47 Å². The van der Waals surface area contributed by atoms with E-state index in [1.54, 1.807) is 13.1 Å². The number of nitrogens with zero attached hydrogens (tertiary/aromatic N) is 1. The maximum absolute atomic E-state index is 5.71. The minimum absolute atomic E-state index is 0.223. The fourth-order valence-corrected chi connectivity index (χ4v) is 3.57. The summed E-state index contributed by atoms with van der Waals surface area (Å²) in [5.41, 5.74) is 1.10. The number of para-hydroxylation sites is 1. The Morgan fingerprint density at radius 3 is 2.80 bits per heavy atom. The number of hydrogen-bond donors (Lipinski definition) is 2. The third-order valence-electron chi connectivity index (χ3n) is 4.41. The van der Waals surface area contributed by atoms with Crippen molar-refractivity contribution in [2.75, 3.05) is 39.7 Å². The molecule has 0 amide bonds. The highest BCUT2D eigenvalue weighted by atomic mass is 32.2. The van der Waals surface area contributed by atoms with E-state index in [2.05, 4.69) is 34.5 Å². The molecule has 0 unspecified atom stereocenters. The van der Waals surface area contributed by atoms with Gasteiger partial charge in [-0.2, -0.15) is 11.8 Å². The van der Waals surface area contributed by atoms with E-state index in [-0.39, 0.29) is 4.75 Å². The number of hydrogen-bond acceptors (Lipinski definition) is 4. The lowest BCUT2D eigenvalue weighted by molar-refractivity contribution is 0.0783. The first-order chi connectivity index (χ1) is 12.2. The summed E-state index contributed by atoms with van der Waals surface area (Å²) in [5.74, 6) is 1.67. The van der Waals surface area contributed by atoms with E-state index in [4.69, 9.17) is 9.47 Å². The Labute approximate surface area is 155 Å². The van der Waals surface area contributed by atoms with Crippen LogP contribution >= 0.6 is 11.8 Å². The van der Waals surface area contributed by atoms with Gasteiger partial charge in [0.05, 0.1) is 0 Å². The summed E-state index contributed by atoms with van der Waals surface area (Å²) in [6.45, 7) is 7.41. The van der Waals surface area contributed by atoms with Gasteiger partial charge in [0.1, 0.15) is 12.4 Å². The Bertz CT molecular complexity index is 572. The van der Waals surface area contributed by atoms with Gasteiger partial charge >= 0.3 is 0 Å². The first-order valence-corrected chi connectivity index (χ1v) is 9.84. The molecule has 1 aromatic rings. The SMILES string of the molecule is C=CCOc1ccccc1CNC(=NC)NCC1(SC)CCOCC1. The molecule has 1 heterocycles. The highest BCUT2D eigenvalue weighted by molar-refractivity contribution is 8.00. The Hall–Kier alpha value is -1.66. The molecule has 0 aromatic heterocycles. The van der Waals surface area contributed by atoms with Gasteiger partial charge in [0.15, 0.2) is 5.96 Å². The summed E-state index contributed by atoms with van der Waals surface area (Å²) in [5, 5.41) is 6.85. The standard InChI is InChI=1S/C19H29N3O2S/c1-4-11-24-17-8-6-5-7-16(17)14-21-18(20-2)22-15-19(25-3)9-12-23-13-10-19/h4-8H,1,9-15H2,2-3H3,(H2,20,21,22). The van der Waals surface area contributed by atoms with Crippen molar-refractivity contribution in [3.05, 3.63) is 42.5 Å². The molecule has 0 saturated carbocycles. The molecular formula is C19H29N3O2S. The van der Waals surface area contributed by atoms with Crippen LogP contribution in [0, 0.1) is 0 Å². The van der Waals surface area contributed by atoms with Gasteiger partial charge in [-0.05, 0) is 25.2 Å². The first-order valence-electron chi connectivity index (χ1n) is 8.62. The second kappa shape index (κ2) is 10.4. The van der Waals surface area contributed by atoms with Crippen molar-refractivity contribution in [3.63, 3.8) is 0 Å². The van der Waals surface area contributed by atoms with Crippen LogP contribution in [0.15, 0.2) is 41.9 Å². The second-order valence-electron chi connectivity index (χ2n) is 5.99. The van der Waals surface area contributed by atoms with Gasteiger partial charge in [-0.3, -0.25) is 4.99 Å². The Morgan fingerprint density at radius 1 is 1.36 bits per heavy atom. The van der Waals surface area contributed by atoms with Gasteiger partial charge in [0.25, 0.3) is 0 Å². The molecule has 6 heteroatoms. The Morgan fingerprint density at radius 2 is 2.12 bits per heavy atom. The minimum atomic E-state index is 0.223. The number of rotatable bonds is 8. The zero-order chi connectivity index (χ0) is 18.0. The van der Waals surface area contributed by atoms with Crippen LogP contribution in [0.1, 0.15) is 18.4 Å². The van der Waals surface area contributed by atoms with Gasteiger partial charge in [0, 0.05) is 43.7 Å². The third kappa shape index (κ3) is 5.97. The van der Waals surface area contributed by atoms with Crippen molar-refractivity contribution in [1.29, 1.82) is 0 Å². The van der Waals surface area contributed by atoms with Gasteiger partial charge < -0.3 is 20.1 Å². The summed E-state index contributed by atoms with van der Waals surface area (Å²) in [6.07, 6.45) is 6.06. The molecule has 1 fully saturated rings. The predicted molar refractivity (Wildman–Crippen MR) is 107 cm³/mol. The smallest absolute Gasteiger partial charge is 0.191 e. The highest BCUT2D eigenvalue weighted by Crippen LogP contribution is 2.32. The van der Waals surface area contributed by atoms with E-state index < -0.39 is 0 Å². The van der Waals surface area contributed by atoms with Crippen LogP contribution < -0.4 is 15.4 Å². The summed E-state index contributed by atoms with van der Waals surface area (Å²) in [4.78, 5) is 4.34. The van der Waals surface area contributed by atoms with Crippen molar-refractivity contribution in [2.45, 2.75) is 24.1 Å². The first kappa shape index (κ1) is 19.7. The number of thioether (sulfide) groups is 1. The van der Waals surface area contributed by atoms with Crippen LogP contribution in [0.5, 0.6) is 5.75 Å². The van der Waals surface area contributed by atoms with Crippen molar-refractivity contribution in [3.8, 4) is 5.75 Å². The maximum atomic E-state index is 5.71. The predicted octanol–water partition coefficient (Wildman–Crippen LogP) is 2.83. The normalized spacial score (nSPS) is 17.0. The zero-order valence-electron chi connectivity index (χ0n) is 15.2. The number of guanidine groups is 1. The van der Waals surface area contributed by atoms with E-state index in [0.717, 1.165) is 49.9 Å². The van der Waals surface area contributed by atoms with E-state index in [1.807, 2.05) is 30.0 Å². The molecule has 0 atom stereocenters. The fourth-order valence-electron chi connectivity index (χ4n) is 2.78. The summed E-state index contributed by atoms with van der Waals surface area (Å²) >= 11 is 1.92. The summed E-state index contributed by atoms with van der Waals surface area (Å²) in [6, 6.07) is 8.02. The molecule has 5 nitrogen and oxygen atoms in total. The topological polar surface area (TPSA) is 54.9 Å².